The SMILES string of the molecule is Cc1ccccc1C(O)CCN1CCOC(CO)C1. The van der Waals surface area contributed by atoms with Gasteiger partial charge in [-0.05, 0) is 24.5 Å². The Morgan fingerprint density at radius 1 is 1.42 bits per heavy atom. The maximum atomic E-state index is 10.2. The van der Waals surface area contributed by atoms with E-state index in [1.165, 1.54) is 0 Å². The average molecular weight is 265 g/mol. The molecule has 1 aromatic rings. The van der Waals surface area contributed by atoms with Crippen molar-refractivity contribution in [3.8, 4) is 0 Å². The van der Waals surface area contributed by atoms with Crippen LogP contribution in [-0.2, 0) is 4.74 Å². The maximum absolute atomic E-state index is 10.2. The Balaban J connectivity index is 1.83. The van der Waals surface area contributed by atoms with Gasteiger partial charge in [0.25, 0.3) is 0 Å². The van der Waals surface area contributed by atoms with Crippen molar-refractivity contribution in [3.05, 3.63) is 35.4 Å². The van der Waals surface area contributed by atoms with Gasteiger partial charge in [0.2, 0.25) is 0 Å². The van der Waals surface area contributed by atoms with Gasteiger partial charge in [0, 0.05) is 19.6 Å². The number of aliphatic hydroxyl groups is 2. The van der Waals surface area contributed by atoms with Gasteiger partial charge in [-0.2, -0.15) is 0 Å². The molecule has 4 heteroatoms. The maximum Gasteiger partial charge on any atom is 0.0932 e. The monoisotopic (exact) mass is 265 g/mol. The van der Waals surface area contributed by atoms with Crippen molar-refractivity contribution in [1.29, 1.82) is 0 Å². The number of hydrogen-bond acceptors (Lipinski definition) is 4. The molecule has 2 rings (SSSR count). The number of morpholine rings is 1. The summed E-state index contributed by atoms with van der Waals surface area (Å²) in [6, 6.07) is 7.95. The Kier molecular flexibility index (Phi) is 5.34. The summed E-state index contributed by atoms with van der Waals surface area (Å²) in [5, 5.41) is 19.3. The zero-order chi connectivity index (χ0) is 13.7. The number of aliphatic hydroxyl groups excluding tert-OH is 2. The molecule has 106 valence electrons. The number of aryl methyl sites for hydroxylation is 1. The molecule has 1 aromatic carbocycles. The summed E-state index contributed by atoms with van der Waals surface area (Å²) < 4.78 is 5.41. The highest BCUT2D eigenvalue weighted by Crippen LogP contribution is 2.21. The predicted molar refractivity (Wildman–Crippen MR) is 74.0 cm³/mol. The highest BCUT2D eigenvalue weighted by atomic mass is 16.5. The number of hydrogen-bond donors (Lipinski definition) is 2. The van der Waals surface area contributed by atoms with E-state index < -0.39 is 6.10 Å². The zero-order valence-electron chi connectivity index (χ0n) is 11.5. The van der Waals surface area contributed by atoms with Gasteiger partial charge in [0.05, 0.1) is 25.4 Å². The lowest BCUT2D eigenvalue weighted by molar-refractivity contribution is -0.0551. The van der Waals surface area contributed by atoms with Gasteiger partial charge < -0.3 is 14.9 Å². The molecular formula is C15H23NO3. The van der Waals surface area contributed by atoms with Crippen LogP contribution in [-0.4, -0.2) is 54.1 Å². The van der Waals surface area contributed by atoms with Crippen LogP contribution in [0.3, 0.4) is 0 Å². The summed E-state index contributed by atoms with van der Waals surface area (Å²) in [5.41, 5.74) is 2.14. The number of ether oxygens (including phenoxy) is 1. The molecule has 0 saturated carbocycles. The third kappa shape index (κ3) is 4.01. The Labute approximate surface area is 114 Å². The Morgan fingerprint density at radius 3 is 2.95 bits per heavy atom. The first-order valence-electron chi connectivity index (χ1n) is 6.89. The van der Waals surface area contributed by atoms with Crippen LogP contribution < -0.4 is 0 Å². The van der Waals surface area contributed by atoms with E-state index in [9.17, 15) is 5.11 Å². The molecule has 1 saturated heterocycles. The molecule has 0 bridgehead atoms. The van der Waals surface area contributed by atoms with Crippen LogP contribution in [0.25, 0.3) is 0 Å². The van der Waals surface area contributed by atoms with Gasteiger partial charge in [0.15, 0.2) is 0 Å². The van der Waals surface area contributed by atoms with Crippen LogP contribution in [0, 0.1) is 6.92 Å². The van der Waals surface area contributed by atoms with Crippen LogP contribution in [0.15, 0.2) is 24.3 Å². The van der Waals surface area contributed by atoms with Crippen LogP contribution >= 0.6 is 0 Å². The molecule has 4 nitrogen and oxygen atoms in total. The first-order valence-corrected chi connectivity index (χ1v) is 6.89. The van der Waals surface area contributed by atoms with Crippen LogP contribution in [0.4, 0.5) is 0 Å². The standard InChI is InChI=1S/C15H23NO3/c1-12-4-2-3-5-14(12)15(18)6-7-16-8-9-19-13(10-16)11-17/h2-5,13,15,17-18H,6-11H2,1H3. The third-order valence-corrected chi connectivity index (χ3v) is 3.69. The summed E-state index contributed by atoms with van der Waals surface area (Å²) in [7, 11) is 0. The molecule has 19 heavy (non-hydrogen) atoms. The van der Waals surface area contributed by atoms with Gasteiger partial charge in [-0.15, -0.1) is 0 Å². The largest absolute Gasteiger partial charge is 0.394 e. The molecule has 0 aromatic heterocycles. The van der Waals surface area contributed by atoms with E-state index in [0.717, 1.165) is 30.8 Å². The molecule has 1 aliphatic rings. The van der Waals surface area contributed by atoms with Gasteiger partial charge in [0.1, 0.15) is 0 Å². The van der Waals surface area contributed by atoms with E-state index >= 15 is 0 Å². The lowest BCUT2D eigenvalue weighted by Crippen LogP contribution is -2.44. The molecule has 0 radical (unpaired) electrons. The number of nitrogens with zero attached hydrogens (tertiary/aromatic N) is 1. The second kappa shape index (κ2) is 7.01. The Bertz CT molecular complexity index is 397. The number of rotatable bonds is 5. The van der Waals surface area contributed by atoms with E-state index in [0.29, 0.717) is 13.0 Å². The Morgan fingerprint density at radius 2 is 2.21 bits per heavy atom. The fraction of sp³-hybridized carbons (Fsp3) is 0.600. The molecule has 0 amide bonds. The normalized spacial score (nSPS) is 22.4. The molecular weight excluding hydrogens is 242 g/mol. The molecule has 0 aliphatic carbocycles. The minimum Gasteiger partial charge on any atom is -0.394 e. The summed E-state index contributed by atoms with van der Waals surface area (Å²) in [6.07, 6.45) is 0.212. The Hall–Kier alpha value is -0.940. The third-order valence-electron chi connectivity index (χ3n) is 3.69. The smallest absolute Gasteiger partial charge is 0.0932 e. The van der Waals surface area contributed by atoms with Crippen LogP contribution in [0.5, 0.6) is 0 Å². The van der Waals surface area contributed by atoms with E-state index in [4.69, 9.17) is 9.84 Å². The summed E-state index contributed by atoms with van der Waals surface area (Å²) >= 11 is 0. The highest BCUT2D eigenvalue weighted by Gasteiger charge is 2.20. The van der Waals surface area contributed by atoms with Crippen molar-refractivity contribution in [2.24, 2.45) is 0 Å². The van der Waals surface area contributed by atoms with E-state index in [2.05, 4.69) is 4.90 Å². The lowest BCUT2D eigenvalue weighted by atomic mass is 10.0. The second-order valence-electron chi connectivity index (χ2n) is 5.14. The fourth-order valence-electron chi connectivity index (χ4n) is 2.52. The predicted octanol–water partition coefficient (Wildman–Crippen LogP) is 1.11. The quantitative estimate of drug-likeness (QED) is 0.837. The van der Waals surface area contributed by atoms with Gasteiger partial charge in [-0.3, -0.25) is 4.90 Å². The van der Waals surface area contributed by atoms with Crippen molar-refractivity contribution < 1.29 is 14.9 Å². The summed E-state index contributed by atoms with van der Waals surface area (Å²) in [5.74, 6) is 0. The summed E-state index contributed by atoms with van der Waals surface area (Å²) in [6.45, 7) is 5.20. The van der Waals surface area contributed by atoms with Crippen molar-refractivity contribution in [2.45, 2.75) is 25.6 Å². The molecule has 2 N–H and O–H groups in total. The highest BCUT2D eigenvalue weighted by molar-refractivity contribution is 5.27. The molecule has 1 fully saturated rings. The lowest BCUT2D eigenvalue weighted by Gasteiger charge is -2.32. The minimum atomic E-state index is -0.420. The molecule has 2 atom stereocenters. The van der Waals surface area contributed by atoms with Gasteiger partial charge >= 0.3 is 0 Å². The average Bonchev–Trinajstić information content (AvgIpc) is 2.45. The minimum absolute atomic E-state index is 0.0663. The van der Waals surface area contributed by atoms with Crippen molar-refractivity contribution in [3.63, 3.8) is 0 Å². The van der Waals surface area contributed by atoms with Gasteiger partial charge in [-0.25, -0.2) is 0 Å². The van der Waals surface area contributed by atoms with Crippen molar-refractivity contribution >= 4 is 0 Å². The first-order chi connectivity index (χ1) is 9.20. The molecule has 2 unspecified atom stereocenters. The van der Waals surface area contributed by atoms with E-state index in [1.54, 1.807) is 0 Å². The molecule has 0 spiro atoms. The van der Waals surface area contributed by atoms with E-state index in [1.807, 2.05) is 31.2 Å². The van der Waals surface area contributed by atoms with Gasteiger partial charge in [-0.1, -0.05) is 24.3 Å². The van der Waals surface area contributed by atoms with Crippen molar-refractivity contribution in [1.82, 2.24) is 4.90 Å². The molecule has 1 aliphatic heterocycles. The second-order valence-corrected chi connectivity index (χ2v) is 5.14. The van der Waals surface area contributed by atoms with Crippen molar-refractivity contribution in [2.75, 3.05) is 32.8 Å². The van der Waals surface area contributed by atoms with Crippen LogP contribution in [0.2, 0.25) is 0 Å². The topological polar surface area (TPSA) is 52.9 Å². The fourth-order valence-corrected chi connectivity index (χ4v) is 2.52. The summed E-state index contributed by atoms with van der Waals surface area (Å²) in [4.78, 5) is 2.24. The molecule has 1 heterocycles. The van der Waals surface area contributed by atoms with Crippen LogP contribution in [0.1, 0.15) is 23.7 Å². The zero-order valence-corrected chi connectivity index (χ0v) is 11.5. The first kappa shape index (κ1) is 14.5. The number of benzene rings is 1. The van der Waals surface area contributed by atoms with E-state index in [-0.39, 0.29) is 12.7 Å².